The van der Waals surface area contributed by atoms with Crippen molar-refractivity contribution < 1.29 is 14.3 Å². The number of benzene rings is 2. The summed E-state index contributed by atoms with van der Waals surface area (Å²) in [6.07, 6.45) is 2.68. The molecule has 3 aromatic rings. The van der Waals surface area contributed by atoms with Crippen LogP contribution in [0, 0.1) is 13.8 Å². The van der Waals surface area contributed by atoms with Gasteiger partial charge in [-0.3, -0.25) is 4.79 Å². The summed E-state index contributed by atoms with van der Waals surface area (Å²) >= 11 is 0. The van der Waals surface area contributed by atoms with E-state index < -0.39 is 0 Å². The summed E-state index contributed by atoms with van der Waals surface area (Å²) in [7, 11) is 3.24. The van der Waals surface area contributed by atoms with Gasteiger partial charge in [0.25, 0.3) is 0 Å². The molecule has 2 atom stereocenters. The van der Waals surface area contributed by atoms with Gasteiger partial charge >= 0.3 is 0 Å². The lowest BCUT2D eigenvalue weighted by Gasteiger charge is -2.35. The number of hydrogen-bond donors (Lipinski definition) is 1. The first-order valence-corrected chi connectivity index (χ1v) is 10.7. The van der Waals surface area contributed by atoms with Gasteiger partial charge in [0.05, 0.1) is 14.2 Å². The van der Waals surface area contributed by atoms with Crippen molar-refractivity contribution in [3.63, 3.8) is 0 Å². The highest BCUT2D eigenvalue weighted by Crippen LogP contribution is 2.45. The number of ketones is 1. The van der Waals surface area contributed by atoms with Crippen molar-refractivity contribution in [3.8, 4) is 11.5 Å². The van der Waals surface area contributed by atoms with Crippen LogP contribution < -0.4 is 14.8 Å². The minimum atomic E-state index is -0.276. The van der Waals surface area contributed by atoms with Crippen molar-refractivity contribution in [1.82, 2.24) is 14.8 Å². The maximum Gasteiger partial charge on any atom is 0.226 e. The van der Waals surface area contributed by atoms with Crippen molar-refractivity contribution in [2.45, 2.75) is 38.6 Å². The number of anilines is 1. The molecule has 164 valence electrons. The van der Waals surface area contributed by atoms with Gasteiger partial charge in [0.1, 0.15) is 12.4 Å². The van der Waals surface area contributed by atoms with Crippen LogP contribution in [0.25, 0.3) is 0 Å². The third-order valence-corrected chi connectivity index (χ3v) is 6.59. The molecule has 0 unspecified atom stereocenters. The van der Waals surface area contributed by atoms with Crippen LogP contribution >= 0.6 is 0 Å². The highest BCUT2D eigenvalue weighted by atomic mass is 16.5. The molecule has 0 spiro atoms. The Morgan fingerprint density at radius 3 is 2.50 bits per heavy atom. The van der Waals surface area contributed by atoms with Crippen molar-refractivity contribution in [3.05, 3.63) is 76.2 Å². The first-order valence-electron chi connectivity index (χ1n) is 10.7. The fourth-order valence-electron chi connectivity index (χ4n) is 4.74. The molecule has 1 N–H and O–H groups in total. The van der Waals surface area contributed by atoms with Crippen LogP contribution in [0.15, 0.2) is 54.0 Å². The standard InChI is InChI=1S/C25H26N4O3/c1-14-5-6-17(9-15(14)2)24-23-19(28-25-26-13-27-29(24)25)10-18(11-20(23)30)16-7-8-21(31-3)22(12-16)32-4/h5-9,12-13,18,24H,10-11H2,1-4H3,(H,26,27,28)/t18-,24-/m0/s1. The Hall–Kier alpha value is -3.61. The van der Waals surface area contributed by atoms with E-state index in [0.29, 0.717) is 30.3 Å². The van der Waals surface area contributed by atoms with E-state index in [9.17, 15) is 4.79 Å². The molecule has 1 aromatic heterocycles. The second-order valence-corrected chi connectivity index (χ2v) is 8.43. The first-order chi connectivity index (χ1) is 15.5. The van der Waals surface area contributed by atoms with Crippen molar-refractivity contribution >= 4 is 11.7 Å². The molecular weight excluding hydrogens is 404 g/mol. The molecule has 0 saturated carbocycles. The number of aromatic nitrogens is 3. The van der Waals surface area contributed by atoms with Crippen LogP contribution in [-0.4, -0.2) is 34.8 Å². The number of carbonyl (C=O) groups excluding carboxylic acids is 1. The molecule has 0 saturated heterocycles. The summed E-state index contributed by atoms with van der Waals surface area (Å²) in [6.45, 7) is 4.18. The van der Waals surface area contributed by atoms with Gasteiger partial charge in [-0.1, -0.05) is 24.3 Å². The van der Waals surface area contributed by atoms with E-state index in [0.717, 1.165) is 22.4 Å². The van der Waals surface area contributed by atoms with Gasteiger partial charge in [-0.2, -0.15) is 10.1 Å². The molecule has 1 aliphatic heterocycles. The average molecular weight is 431 g/mol. The van der Waals surface area contributed by atoms with Gasteiger partial charge in [-0.25, -0.2) is 4.68 Å². The molecular formula is C25H26N4O3. The van der Waals surface area contributed by atoms with Crippen LogP contribution in [0.3, 0.4) is 0 Å². The lowest BCUT2D eigenvalue weighted by molar-refractivity contribution is -0.116. The van der Waals surface area contributed by atoms with Crippen LogP contribution in [-0.2, 0) is 4.79 Å². The van der Waals surface area contributed by atoms with E-state index in [2.05, 4.69) is 47.4 Å². The number of carbonyl (C=O) groups is 1. The Labute approximate surface area is 187 Å². The molecule has 5 rings (SSSR count). The maximum atomic E-state index is 13.5. The third kappa shape index (κ3) is 3.25. The summed E-state index contributed by atoms with van der Waals surface area (Å²) in [5, 5.41) is 7.82. The zero-order chi connectivity index (χ0) is 22.4. The van der Waals surface area contributed by atoms with E-state index in [4.69, 9.17) is 9.47 Å². The second kappa shape index (κ2) is 7.82. The number of rotatable bonds is 4. The number of hydrogen-bond acceptors (Lipinski definition) is 6. The second-order valence-electron chi connectivity index (χ2n) is 8.43. The minimum Gasteiger partial charge on any atom is -0.493 e. The third-order valence-electron chi connectivity index (χ3n) is 6.59. The fraction of sp³-hybridized carbons (Fsp3) is 0.320. The molecule has 0 bridgehead atoms. The topological polar surface area (TPSA) is 78.3 Å². The summed E-state index contributed by atoms with van der Waals surface area (Å²) in [4.78, 5) is 17.9. The van der Waals surface area contributed by atoms with Crippen LogP contribution in [0.1, 0.15) is 47.1 Å². The average Bonchev–Trinajstić information content (AvgIpc) is 3.27. The predicted octanol–water partition coefficient (Wildman–Crippen LogP) is 4.33. The Morgan fingerprint density at radius 1 is 0.969 bits per heavy atom. The van der Waals surface area contributed by atoms with E-state index >= 15 is 0 Å². The lowest BCUT2D eigenvalue weighted by atomic mass is 9.77. The van der Waals surface area contributed by atoms with Crippen LogP contribution in [0.4, 0.5) is 5.95 Å². The largest absolute Gasteiger partial charge is 0.493 e. The van der Waals surface area contributed by atoms with Gasteiger partial charge in [-0.15, -0.1) is 0 Å². The molecule has 2 aliphatic rings. The Balaban J connectivity index is 1.56. The Bertz CT molecular complexity index is 1240. The predicted molar refractivity (Wildman–Crippen MR) is 121 cm³/mol. The number of nitrogens with one attached hydrogen (secondary N) is 1. The van der Waals surface area contributed by atoms with E-state index in [1.807, 2.05) is 22.9 Å². The van der Waals surface area contributed by atoms with Gasteiger partial charge in [0.15, 0.2) is 17.3 Å². The van der Waals surface area contributed by atoms with E-state index in [1.165, 1.54) is 17.5 Å². The molecule has 2 aromatic carbocycles. The van der Waals surface area contributed by atoms with Crippen molar-refractivity contribution in [1.29, 1.82) is 0 Å². The highest BCUT2D eigenvalue weighted by molar-refractivity contribution is 6.00. The summed E-state index contributed by atoms with van der Waals surface area (Å²) in [5.74, 6) is 2.18. The summed E-state index contributed by atoms with van der Waals surface area (Å²) in [6, 6.07) is 11.9. The Morgan fingerprint density at radius 2 is 1.75 bits per heavy atom. The first kappa shape index (κ1) is 20.3. The molecule has 0 radical (unpaired) electrons. The number of methoxy groups -OCH3 is 2. The normalized spacial score (nSPS) is 19.8. The Kier molecular flexibility index (Phi) is 4.96. The fourth-order valence-corrected chi connectivity index (χ4v) is 4.74. The van der Waals surface area contributed by atoms with E-state index in [1.54, 1.807) is 14.2 Å². The zero-order valence-corrected chi connectivity index (χ0v) is 18.7. The molecule has 2 heterocycles. The minimum absolute atomic E-state index is 0.0448. The molecule has 7 heteroatoms. The lowest BCUT2D eigenvalue weighted by Crippen LogP contribution is -2.33. The molecule has 1 aliphatic carbocycles. The van der Waals surface area contributed by atoms with Crippen molar-refractivity contribution in [2.75, 3.05) is 19.5 Å². The number of nitrogens with zero attached hydrogens (tertiary/aromatic N) is 3. The molecule has 0 fully saturated rings. The highest BCUT2D eigenvalue weighted by Gasteiger charge is 2.39. The monoisotopic (exact) mass is 430 g/mol. The number of Topliss-reactive ketones (excluding diaryl/α,β-unsaturated/α-hetero) is 1. The van der Waals surface area contributed by atoms with Gasteiger partial charge < -0.3 is 14.8 Å². The zero-order valence-electron chi connectivity index (χ0n) is 18.7. The van der Waals surface area contributed by atoms with Gasteiger partial charge in [-0.05, 0) is 60.6 Å². The van der Waals surface area contributed by atoms with Crippen LogP contribution in [0.5, 0.6) is 11.5 Å². The smallest absolute Gasteiger partial charge is 0.226 e. The quantitative estimate of drug-likeness (QED) is 0.664. The van der Waals surface area contributed by atoms with E-state index in [-0.39, 0.29) is 17.7 Å². The summed E-state index contributed by atoms with van der Waals surface area (Å²) in [5.41, 5.74) is 6.22. The molecule has 0 amide bonds. The van der Waals surface area contributed by atoms with Gasteiger partial charge in [0, 0.05) is 17.7 Å². The number of allylic oxidation sites excluding steroid dienone is 2. The number of fused-ring (bicyclic) bond motifs is 1. The summed E-state index contributed by atoms with van der Waals surface area (Å²) < 4.78 is 12.7. The van der Waals surface area contributed by atoms with Crippen LogP contribution in [0.2, 0.25) is 0 Å². The molecule has 32 heavy (non-hydrogen) atoms. The maximum absolute atomic E-state index is 13.5. The molecule has 7 nitrogen and oxygen atoms in total. The van der Waals surface area contributed by atoms with Crippen molar-refractivity contribution in [2.24, 2.45) is 0 Å². The SMILES string of the molecule is COc1ccc([C@@H]2CC(=O)C3=C(C2)Nc2ncnn2[C@H]3c2ccc(C)c(C)c2)cc1OC. The number of ether oxygens (including phenoxy) is 2. The number of aryl methyl sites for hydroxylation is 2. The van der Waals surface area contributed by atoms with Gasteiger partial charge in [0.2, 0.25) is 5.95 Å².